The van der Waals surface area contributed by atoms with Gasteiger partial charge >= 0.3 is 0 Å². The van der Waals surface area contributed by atoms with E-state index in [-0.39, 0.29) is 12.4 Å². The van der Waals surface area contributed by atoms with Gasteiger partial charge in [-0.3, -0.25) is 9.78 Å². The number of benzene rings is 1. The number of hydrogen-bond acceptors (Lipinski definition) is 4. The fourth-order valence-corrected chi connectivity index (χ4v) is 3.78. The van der Waals surface area contributed by atoms with Crippen LogP contribution in [0, 0.1) is 5.92 Å². The van der Waals surface area contributed by atoms with Crippen LogP contribution in [0.15, 0.2) is 28.9 Å². The summed E-state index contributed by atoms with van der Waals surface area (Å²) in [6.45, 7) is 2.15. The number of Topliss-reactive ketones (excluding diaryl/α,β-unsaturated/α-hetero) is 1. The summed E-state index contributed by atoms with van der Waals surface area (Å²) >= 11 is 3.52. The molecule has 128 valence electrons. The van der Waals surface area contributed by atoms with Gasteiger partial charge in [0.1, 0.15) is 0 Å². The minimum atomic E-state index is 0.107. The number of pyridine rings is 1. The summed E-state index contributed by atoms with van der Waals surface area (Å²) in [5, 5.41) is 13.9. The van der Waals surface area contributed by atoms with Gasteiger partial charge in [-0.15, -0.1) is 0 Å². The van der Waals surface area contributed by atoms with E-state index in [4.69, 9.17) is 0 Å². The van der Waals surface area contributed by atoms with Gasteiger partial charge < -0.3 is 10.4 Å². The second kappa shape index (κ2) is 7.62. The summed E-state index contributed by atoms with van der Waals surface area (Å²) in [4.78, 5) is 16.8. The van der Waals surface area contributed by atoms with Gasteiger partial charge in [0.15, 0.2) is 5.78 Å². The Bertz CT molecular complexity index is 739. The van der Waals surface area contributed by atoms with Crippen LogP contribution >= 0.6 is 15.9 Å². The summed E-state index contributed by atoms with van der Waals surface area (Å²) in [5.74, 6) is 0.527. The number of ketones is 1. The van der Waals surface area contributed by atoms with Crippen LogP contribution in [0.25, 0.3) is 10.9 Å². The van der Waals surface area contributed by atoms with E-state index in [1.807, 2.05) is 25.1 Å². The summed E-state index contributed by atoms with van der Waals surface area (Å²) in [7, 11) is 0. The SMILES string of the molecule is CCC(=O)c1cnc2ccc(Br)cc2c1NC1CCC(CO)CC1. The maximum absolute atomic E-state index is 12.4. The zero-order valence-electron chi connectivity index (χ0n) is 13.9. The van der Waals surface area contributed by atoms with Gasteiger partial charge in [0.2, 0.25) is 0 Å². The number of aliphatic hydroxyl groups excluding tert-OH is 1. The first-order valence-corrected chi connectivity index (χ1v) is 9.40. The smallest absolute Gasteiger partial charge is 0.166 e. The lowest BCUT2D eigenvalue weighted by Gasteiger charge is -2.29. The summed E-state index contributed by atoms with van der Waals surface area (Å²) in [5.41, 5.74) is 2.46. The van der Waals surface area contributed by atoms with Crippen LogP contribution in [-0.4, -0.2) is 28.5 Å². The first-order chi connectivity index (χ1) is 11.6. The normalized spacial score (nSPS) is 21.0. The maximum atomic E-state index is 12.4. The van der Waals surface area contributed by atoms with Crippen molar-refractivity contribution in [3.8, 4) is 0 Å². The highest BCUT2D eigenvalue weighted by molar-refractivity contribution is 9.10. The highest BCUT2D eigenvalue weighted by Crippen LogP contribution is 2.33. The van der Waals surface area contributed by atoms with E-state index in [1.54, 1.807) is 6.20 Å². The Morgan fingerprint density at radius 1 is 1.33 bits per heavy atom. The molecule has 24 heavy (non-hydrogen) atoms. The molecule has 1 heterocycles. The van der Waals surface area contributed by atoms with Crippen LogP contribution in [0.5, 0.6) is 0 Å². The minimum absolute atomic E-state index is 0.107. The minimum Gasteiger partial charge on any atom is -0.396 e. The molecule has 0 amide bonds. The third-order valence-electron chi connectivity index (χ3n) is 4.90. The van der Waals surface area contributed by atoms with Crippen molar-refractivity contribution < 1.29 is 9.90 Å². The largest absolute Gasteiger partial charge is 0.396 e. The molecular weight excluding hydrogens is 368 g/mol. The number of nitrogens with zero attached hydrogens (tertiary/aromatic N) is 1. The molecular formula is C19H23BrN2O2. The van der Waals surface area contributed by atoms with Gasteiger partial charge in [-0.2, -0.15) is 0 Å². The van der Waals surface area contributed by atoms with Crippen molar-refractivity contribution in [2.24, 2.45) is 5.92 Å². The molecule has 1 saturated carbocycles. The zero-order chi connectivity index (χ0) is 17.1. The van der Waals surface area contributed by atoms with Crippen LogP contribution in [0.1, 0.15) is 49.4 Å². The lowest BCUT2D eigenvalue weighted by molar-refractivity contribution is 0.0988. The second-order valence-corrected chi connectivity index (χ2v) is 7.45. The number of anilines is 1. The van der Waals surface area contributed by atoms with E-state index >= 15 is 0 Å². The van der Waals surface area contributed by atoms with Gasteiger partial charge in [-0.25, -0.2) is 0 Å². The summed E-state index contributed by atoms with van der Waals surface area (Å²) in [6, 6.07) is 6.29. The number of aliphatic hydroxyl groups is 1. The Balaban J connectivity index is 1.97. The molecule has 1 aromatic heterocycles. The standard InChI is InChI=1S/C19H23BrN2O2/c1-2-18(24)16-10-21-17-8-5-13(20)9-15(17)19(16)22-14-6-3-12(11-23)4-7-14/h5,8-10,12,14,23H,2-4,6-7,11H2,1H3,(H,21,22). The first kappa shape index (κ1) is 17.4. The van der Waals surface area contributed by atoms with Crippen molar-refractivity contribution in [1.29, 1.82) is 0 Å². The molecule has 1 aliphatic rings. The Morgan fingerprint density at radius 3 is 2.75 bits per heavy atom. The molecule has 0 bridgehead atoms. The van der Waals surface area contributed by atoms with E-state index in [0.29, 0.717) is 23.9 Å². The predicted octanol–water partition coefficient (Wildman–Crippen LogP) is 4.55. The topological polar surface area (TPSA) is 62.2 Å². The molecule has 0 radical (unpaired) electrons. The molecule has 0 atom stereocenters. The van der Waals surface area contributed by atoms with Gasteiger partial charge in [0.05, 0.1) is 16.8 Å². The van der Waals surface area contributed by atoms with E-state index < -0.39 is 0 Å². The predicted molar refractivity (Wildman–Crippen MR) is 101 cm³/mol. The van der Waals surface area contributed by atoms with Crippen molar-refractivity contribution in [3.63, 3.8) is 0 Å². The molecule has 4 nitrogen and oxygen atoms in total. The number of fused-ring (bicyclic) bond motifs is 1. The van der Waals surface area contributed by atoms with Gasteiger partial charge in [0, 0.05) is 35.1 Å². The molecule has 0 spiro atoms. The number of carbonyl (C=O) groups excluding carboxylic acids is 1. The molecule has 2 N–H and O–H groups in total. The fourth-order valence-electron chi connectivity index (χ4n) is 3.42. The third-order valence-corrected chi connectivity index (χ3v) is 5.40. The third kappa shape index (κ3) is 3.62. The molecule has 2 aromatic rings. The highest BCUT2D eigenvalue weighted by Gasteiger charge is 2.23. The Morgan fingerprint density at radius 2 is 2.08 bits per heavy atom. The average molecular weight is 391 g/mol. The fraction of sp³-hybridized carbons (Fsp3) is 0.474. The number of halogens is 1. The molecule has 1 fully saturated rings. The van der Waals surface area contributed by atoms with E-state index in [9.17, 15) is 9.90 Å². The van der Waals surface area contributed by atoms with Gasteiger partial charge in [-0.05, 0) is 49.8 Å². The molecule has 3 rings (SSSR count). The van der Waals surface area contributed by atoms with Crippen LogP contribution < -0.4 is 5.32 Å². The van der Waals surface area contributed by atoms with Crippen LogP contribution in [-0.2, 0) is 0 Å². The number of carbonyl (C=O) groups is 1. The Hall–Kier alpha value is -1.46. The average Bonchev–Trinajstić information content (AvgIpc) is 2.62. The number of rotatable bonds is 5. The molecule has 0 aliphatic heterocycles. The highest BCUT2D eigenvalue weighted by atomic mass is 79.9. The van der Waals surface area contributed by atoms with Crippen LogP contribution in [0.4, 0.5) is 5.69 Å². The summed E-state index contributed by atoms with van der Waals surface area (Å²) in [6.07, 6.45) is 6.25. The van der Waals surface area contributed by atoms with E-state index in [2.05, 4.69) is 26.2 Å². The van der Waals surface area contributed by atoms with Gasteiger partial charge in [-0.1, -0.05) is 22.9 Å². The lowest BCUT2D eigenvalue weighted by Crippen LogP contribution is -2.28. The Labute approximate surface area is 150 Å². The monoisotopic (exact) mass is 390 g/mol. The molecule has 1 aromatic carbocycles. The zero-order valence-corrected chi connectivity index (χ0v) is 15.5. The number of nitrogens with one attached hydrogen (secondary N) is 1. The molecule has 5 heteroatoms. The van der Waals surface area contributed by atoms with Gasteiger partial charge in [0.25, 0.3) is 0 Å². The van der Waals surface area contributed by atoms with Crippen molar-refractivity contribution in [2.75, 3.05) is 11.9 Å². The van der Waals surface area contributed by atoms with E-state index in [0.717, 1.165) is 46.7 Å². The van der Waals surface area contributed by atoms with Crippen molar-refractivity contribution in [2.45, 2.75) is 45.1 Å². The van der Waals surface area contributed by atoms with Crippen molar-refractivity contribution >= 4 is 38.3 Å². The van der Waals surface area contributed by atoms with Crippen LogP contribution in [0.3, 0.4) is 0 Å². The summed E-state index contributed by atoms with van der Waals surface area (Å²) < 4.78 is 0.977. The molecule has 0 unspecified atom stereocenters. The molecule has 1 aliphatic carbocycles. The Kier molecular flexibility index (Phi) is 5.51. The number of hydrogen-bond donors (Lipinski definition) is 2. The quantitative estimate of drug-likeness (QED) is 0.734. The second-order valence-electron chi connectivity index (χ2n) is 6.53. The van der Waals surface area contributed by atoms with Crippen LogP contribution in [0.2, 0.25) is 0 Å². The van der Waals surface area contributed by atoms with E-state index in [1.165, 1.54) is 0 Å². The number of aromatic nitrogens is 1. The lowest BCUT2D eigenvalue weighted by atomic mass is 9.86. The maximum Gasteiger partial charge on any atom is 0.166 e. The van der Waals surface area contributed by atoms with Crippen molar-refractivity contribution in [3.05, 3.63) is 34.4 Å². The first-order valence-electron chi connectivity index (χ1n) is 8.61. The van der Waals surface area contributed by atoms with Crippen molar-refractivity contribution in [1.82, 2.24) is 4.98 Å². The molecule has 0 saturated heterocycles.